The molecule has 1 fully saturated rings. The van der Waals surface area contributed by atoms with Crippen molar-refractivity contribution in [3.63, 3.8) is 0 Å². The maximum atomic E-state index is 12.8. The van der Waals surface area contributed by atoms with Crippen LogP contribution in [0.15, 0.2) is 47.4 Å². The van der Waals surface area contributed by atoms with Gasteiger partial charge < -0.3 is 5.32 Å². The van der Waals surface area contributed by atoms with Crippen LogP contribution in [0.1, 0.15) is 49.8 Å². The van der Waals surface area contributed by atoms with E-state index in [0.717, 1.165) is 30.4 Å². The highest BCUT2D eigenvalue weighted by molar-refractivity contribution is 7.92. The fourth-order valence-corrected chi connectivity index (χ4v) is 5.10. The standard InChI is InChI=1S/C23H30N2O3S/c1-16(2)15-24-22(26)23(12-5-13-23)19-8-10-20(11-9-19)25-29(27,28)21-14-17(3)6-7-18(21)4/h6-11,14,16,25H,5,12-13,15H2,1-4H3,(H,24,26). The smallest absolute Gasteiger partial charge is 0.262 e. The number of hydrogen-bond donors (Lipinski definition) is 2. The summed E-state index contributed by atoms with van der Waals surface area (Å²) in [5.74, 6) is 0.471. The van der Waals surface area contributed by atoms with E-state index in [0.29, 0.717) is 23.7 Å². The molecule has 2 N–H and O–H groups in total. The van der Waals surface area contributed by atoms with E-state index in [1.807, 2.05) is 31.2 Å². The average molecular weight is 415 g/mol. The van der Waals surface area contributed by atoms with Gasteiger partial charge in [-0.25, -0.2) is 8.42 Å². The van der Waals surface area contributed by atoms with Crippen LogP contribution in [0.25, 0.3) is 0 Å². The second kappa shape index (κ2) is 8.19. The lowest BCUT2D eigenvalue weighted by molar-refractivity contribution is -0.130. The Morgan fingerprint density at radius 2 is 1.72 bits per heavy atom. The molecule has 156 valence electrons. The zero-order valence-electron chi connectivity index (χ0n) is 17.6. The minimum Gasteiger partial charge on any atom is -0.355 e. The maximum Gasteiger partial charge on any atom is 0.262 e. The van der Waals surface area contributed by atoms with E-state index < -0.39 is 15.4 Å². The Morgan fingerprint density at radius 3 is 2.28 bits per heavy atom. The number of hydrogen-bond acceptors (Lipinski definition) is 3. The van der Waals surface area contributed by atoms with Crippen LogP contribution in [0.2, 0.25) is 0 Å². The summed E-state index contributed by atoms with van der Waals surface area (Å²) in [4.78, 5) is 13.1. The van der Waals surface area contributed by atoms with Crippen LogP contribution in [0.3, 0.4) is 0 Å². The Kier molecular flexibility index (Phi) is 6.03. The first kappa shape index (κ1) is 21.4. The monoisotopic (exact) mass is 414 g/mol. The van der Waals surface area contributed by atoms with E-state index >= 15 is 0 Å². The number of rotatable bonds is 7. The normalized spacial score (nSPS) is 15.6. The highest BCUT2D eigenvalue weighted by atomic mass is 32.2. The Morgan fingerprint density at radius 1 is 1.07 bits per heavy atom. The first-order valence-corrected chi connectivity index (χ1v) is 11.6. The minimum atomic E-state index is -3.67. The van der Waals surface area contributed by atoms with Gasteiger partial charge >= 0.3 is 0 Å². The summed E-state index contributed by atoms with van der Waals surface area (Å²) in [6.07, 6.45) is 2.67. The number of carbonyl (C=O) groups excluding carboxylic acids is 1. The average Bonchev–Trinajstić information content (AvgIpc) is 2.62. The molecule has 0 aliphatic heterocycles. The van der Waals surface area contributed by atoms with Gasteiger partial charge in [-0.2, -0.15) is 0 Å². The minimum absolute atomic E-state index is 0.0705. The van der Waals surface area contributed by atoms with Crippen molar-refractivity contribution in [1.29, 1.82) is 0 Å². The molecule has 0 spiro atoms. The molecule has 0 unspecified atom stereocenters. The van der Waals surface area contributed by atoms with Crippen LogP contribution >= 0.6 is 0 Å². The summed E-state index contributed by atoms with van der Waals surface area (Å²) in [6.45, 7) is 8.46. The van der Waals surface area contributed by atoms with Crippen LogP contribution in [-0.4, -0.2) is 20.9 Å². The van der Waals surface area contributed by atoms with Gasteiger partial charge in [-0.15, -0.1) is 0 Å². The van der Waals surface area contributed by atoms with Gasteiger partial charge in [0.2, 0.25) is 5.91 Å². The first-order valence-electron chi connectivity index (χ1n) is 10.1. The largest absolute Gasteiger partial charge is 0.355 e. The summed E-state index contributed by atoms with van der Waals surface area (Å²) < 4.78 is 28.3. The summed E-state index contributed by atoms with van der Waals surface area (Å²) >= 11 is 0. The van der Waals surface area contributed by atoms with Crippen molar-refractivity contribution < 1.29 is 13.2 Å². The lowest BCUT2D eigenvalue weighted by Crippen LogP contribution is -2.49. The van der Waals surface area contributed by atoms with Crippen molar-refractivity contribution >= 4 is 21.6 Å². The van der Waals surface area contributed by atoms with Gasteiger partial charge in [0.05, 0.1) is 10.3 Å². The zero-order valence-corrected chi connectivity index (χ0v) is 18.4. The molecule has 29 heavy (non-hydrogen) atoms. The SMILES string of the molecule is Cc1ccc(C)c(S(=O)(=O)Nc2ccc(C3(C(=O)NCC(C)C)CCC3)cc2)c1. The highest BCUT2D eigenvalue weighted by Crippen LogP contribution is 2.44. The molecule has 3 rings (SSSR count). The van der Waals surface area contributed by atoms with Gasteiger partial charge in [0.25, 0.3) is 10.0 Å². The molecule has 1 amide bonds. The summed E-state index contributed by atoms with van der Waals surface area (Å²) in [7, 11) is -3.67. The van der Waals surface area contributed by atoms with Crippen molar-refractivity contribution in [1.82, 2.24) is 5.32 Å². The molecule has 0 aromatic heterocycles. The molecule has 1 saturated carbocycles. The Labute approximate surface area is 174 Å². The number of amides is 1. The van der Waals surface area contributed by atoms with E-state index in [1.54, 1.807) is 25.1 Å². The van der Waals surface area contributed by atoms with E-state index in [-0.39, 0.29) is 10.8 Å². The van der Waals surface area contributed by atoms with Gasteiger partial charge in [-0.05, 0) is 67.5 Å². The fourth-order valence-electron chi connectivity index (χ4n) is 3.71. The summed E-state index contributed by atoms with van der Waals surface area (Å²) in [6, 6.07) is 12.6. The van der Waals surface area contributed by atoms with Crippen molar-refractivity contribution in [2.24, 2.45) is 5.92 Å². The second-order valence-corrected chi connectivity index (χ2v) is 10.1. The molecule has 1 aliphatic rings. The third-order valence-corrected chi connectivity index (χ3v) is 7.16. The second-order valence-electron chi connectivity index (χ2n) is 8.49. The zero-order chi connectivity index (χ0) is 21.2. The number of carbonyl (C=O) groups is 1. The third kappa shape index (κ3) is 4.47. The van der Waals surface area contributed by atoms with Gasteiger partial charge in [0, 0.05) is 12.2 Å². The Hall–Kier alpha value is -2.34. The van der Waals surface area contributed by atoms with Crippen molar-refractivity contribution in [3.8, 4) is 0 Å². The van der Waals surface area contributed by atoms with Crippen molar-refractivity contribution in [2.75, 3.05) is 11.3 Å². The molecular formula is C23H30N2O3S. The molecule has 0 saturated heterocycles. The molecule has 0 radical (unpaired) electrons. The Balaban J connectivity index is 1.79. The van der Waals surface area contributed by atoms with Crippen molar-refractivity contribution in [3.05, 3.63) is 59.2 Å². The first-order chi connectivity index (χ1) is 13.6. The molecule has 0 heterocycles. The van der Waals surface area contributed by atoms with E-state index in [4.69, 9.17) is 0 Å². The summed E-state index contributed by atoms with van der Waals surface area (Å²) in [5.41, 5.74) is 2.55. The lowest BCUT2D eigenvalue weighted by Gasteiger charge is -2.41. The number of sulfonamides is 1. The predicted octanol–water partition coefficient (Wildman–Crippen LogP) is 4.30. The van der Waals surface area contributed by atoms with Crippen LogP contribution in [0.5, 0.6) is 0 Å². The third-order valence-electron chi connectivity index (χ3n) is 5.64. The molecule has 2 aromatic carbocycles. The van der Waals surface area contributed by atoms with E-state index in [2.05, 4.69) is 23.9 Å². The van der Waals surface area contributed by atoms with Gasteiger partial charge in [0.1, 0.15) is 0 Å². The van der Waals surface area contributed by atoms with Gasteiger partial charge in [-0.3, -0.25) is 9.52 Å². The number of benzene rings is 2. The summed E-state index contributed by atoms with van der Waals surface area (Å²) in [5, 5.41) is 3.06. The molecule has 6 heteroatoms. The highest BCUT2D eigenvalue weighted by Gasteiger charge is 2.45. The molecule has 5 nitrogen and oxygen atoms in total. The molecule has 0 bridgehead atoms. The van der Waals surface area contributed by atoms with Crippen LogP contribution in [-0.2, 0) is 20.2 Å². The topological polar surface area (TPSA) is 75.3 Å². The van der Waals surface area contributed by atoms with Crippen molar-refractivity contribution in [2.45, 2.75) is 57.3 Å². The van der Waals surface area contributed by atoms with Gasteiger partial charge in [-0.1, -0.05) is 44.5 Å². The van der Waals surface area contributed by atoms with E-state index in [9.17, 15) is 13.2 Å². The maximum absolute atomic E-state index is 12.8. The van der Waals surface area contributed by atoms with Crippen LogP contribution in [0, 0.1) is 19.8 Å². The lowest BCUT2D eigenvalue weighted by atomic mass is 9.63. The number of aryl methyl sites for hydroxylation is 2. The fraction of sp³-hybridized carbons (Fsp3) is 0.435. The number of nitrogens with one attached hydrogen (secondary N) is 2. The van der Waals surface area contributed by atoms with Crippen LogP contribution in [0.4, 0.5) is 5.69 Å². The Bertz CT molecular complexity index is 991. The molecule has 1 aliphatic carbocycles. The predicted molar refractivity (Wildman–Crippen MR) is 117 cm³/mol. The number of anilines is 1. The molecule has 2 aromatic rings. The van der Waals surface area contributed by atoms with Crippen LogP contribution < -0.4 is 10.0 Å². The molecular weight excluding hydrogens is 384 g/mol. The quantitative estimate of drug-likeness (QED) is 0.709. The van der Waals surface area contributed by atoms with Gasteiger partial charge in [0.15, 0.2) is 0 Å². The molecule has 0 atom stereocenters. The van der Waals surface area contributed by atoms with E-state index in [1.165, 1.54) is 0 Å².